The van der Waals surface area contributed by atoms with Crippen LogP contribution in [0.4, 0.5) is 4.39 Å². The molecule has 0 bridgehead atoms. The van der Waals surface area contributed by atoms with Gasteiger partial charge < -0.3 is 20.9 Å². The lowest BCUT2D eigenvalue weighted by Gasteiger charge is -2.14. The molecule has 2 aromatic carbocycles. The van der Waals surface area contributed by atoms with Crippen LogP contribution in [0.3, 0.4) is 0 Å². The number of aromatic nitrogens is 2. The Bertz CT molecular complexity index is 1090. The van der Waals surface area contributed by atoms with E-state index < -0.39 is 17.9 Å². The van der Waals surface area contributed by atoms with Crippen molar-refractivity contribution in [3.8, 4) is 5.75 Å². The van der Waals surface area contributed by atoms with E-state index in [2.05, 4.69) is 15.5 Å². The first-order valence-corrected chi connectivity index (χ1v) is 9.19. The molecule has 5 N–H and O–H groups in total. The minimum atomic E-state index is -0.874. The summed E-state index contributed by atoms with van der Waals surface area (Å²) < 4.78 is 18.8. The molecule has 9 heteroatoms. The summed E-state index contributed by atoms with van der Waals surface area (Å²) in [5, 5.41) is 19.3. The largest absolute Gasteiger partial charge is 0.490 e. The minimum Gasteiger partial charge on any atom is -0.490 e. The number of carbonyl (C=O) groups is 2. The third kappa shape index (κ3) is 4.64. The molecule has 30 heavy (non-hydrogen) atoms. The number of nitrogens with two attached hydrogens (primary N) is 1. The van der Waals surface area contributed by atoms with E-state index in [4.69, 9.17) is 10.5 Å². The summed E-state index contributed by atoms with van der Waals surface area (Å²) in [5.74, 6) is -1.35. The van der Waals surface area contributed by atoms with Crippen LogP contribution in [-0.2, 0) is 4.79 Å². The number of nitrogens with one attached hydrogen (secondary N) is 2. The normalized spacial score (nSPS) is 12.2. The molecule has 3 aromatic rings. The molecule has 8 nitrogen and oxygen atoms in total. The Morgan fingerprint density at radius 2 is 2.00 bits per heavy atom. The number of aliphatic hydroxyl groups excluding tert-OH is 1. The molecule has 156 valence electrons. The van der Waals surface area contributed by atoms with Crippen molar-refractivity contribution in [3.63, 3.8) is 0 Å². The first kappa shape index (κ1) is 21.0. The van der Waals surface area contributed by atoms with Gasteiger partial charge in [-0.1, -0.05) is 18.2 Å². The first-order chi connectivity index (χ1) is 14.4. The van der Waals surface area contributed by atoms with Crippen LogP contribution < -0.4 is 15.8 Å². The van der Waals surface area contributed by atoms with Gasteiger partial charge in [-0.2, -0.15) is 5.10 Å². The number of ether oxygens (including phenoxy) is 1. The molecule has 3 rings (SSSR count). The van der Waals surface area contributed by atoms with Crippen molar-refractivity contribution in [2.45, 2.75) is 13.0 Å². The van der Waals surface area contributed by atoms with E-state index in [0.29, 0.717) is 16.6 Å². The van der Waals surface area contributed by atoms with Crippen molar-refractivity contribution in [2.24, 2.45) is 5.73 Å². The number of amides is 2. The van der Waals surface area contributed by atoms with Crippen LogP contribution in [0.5, 0.6) is 5.75 Å². The molecule has 1 aromatic heterocycles. The highest BCUT2D eigenvalue weighted by atomic mass is 19.1. The van der Waals surface area contributed by atoms with Gasteiger partial charge in [-0.15, -0.1) is 0 Å². The highest BCUT2D eigenvalue weighted by Gasteiger charge is 2.21. The molecule has 0 aliphatic heterocycles. The van der Waals surface area contributed by atoms with Crippen LogP contribution in [-0.4, -0.2) is 46.4 Å². The maximum Gasteiger partial charge on any atom is 0.255 e. The number of benzene rings is 2. The maximum absolute atomic E-state index is 13.1. The summed E-state index contributed by atoms with van der Waals surface area (Å²) >= 11 is 0. The van der Waals surface area contributed by atoms with E-state index in [1.165, 1.54) is 25.1 Å². The smallest absolute Gasteiger partial charge is 0.255 e. The summed E-state index contributed by atoms with van der Waals surface area (Å²) in [6, 6.07) is 8.23. The fraction of sp³-hybridized carbons (Fsp3) is 0.190. The molecule has 0 radical (unpaired) electrons. The van der Waals surface area contributed by atoms with Crippen molar-refractivity contribution in [1.29, 1.82) is 0 Å². The van der Waals surface area contributed by atoms with Gasteiger partial charge in [-0.3, -0.25) is 14.7 Å². The molecule has 1 atom stereocenters. The number of hydrogen-bond acceptors (Lipinski definition) is 5. The van der Waals surface area contributed by atoms with Gasteiger partial charge in [-0.25, -0.2) is 4.39 Å². The first-order valence-electron chi connectivity index (χ1n) is 9.19. The van der Waals surface area contributed by atoms with E-state index in [9.17, 15) is 19.1 Å². The van der Waals surface area contributed by atoms with Crippen molar-refractivity contribution >= 4 is 34.9 Å². The Hall–Kier alpha value is -3.72. The lowest BCUT2D eigenvalue weighted by Crippen LogP contribution is -2.42. The molecule has 0 fully saturated rings. The van der Waals surface area contributed by atoms with Gasteiger partial charge >= 0.3 is 0 Å². The number of halogens is 1. The van der Waals surface area contributed by atoms with Gasteiger partial charge in [0.25, 0.3) is 5.91 Å². The highest BCUT2D eigenvalue weighted by Crippen LogP contribution is 2.32. The predicted octanol–water partition coefficient (Wildman–Crippen LogP) is 1.85. The average Bonchev–Trinajstić information content (AvgIpc) is 3.14. The molecular formula is C21H21FN4O4. The summed E-state index contributed by atoms with van der Waals surface area (Å²) in [5.41, 5.74) is 7.25. The topological polar surface area (TPSA) is 130 Å². The Morgan fingerprint density at radius 3 is 2.67 bits per heavy atom. The number of rotatable bonds is 8. The molecular weight excluding hydrogens is 391 g/mol. The fourth-order valence-corrected chi connectivity index (χ4v) is 2.80. The number of H-pyrrole nitrogens is 1. The molecule has 0 unspecified atom stereocenters. The van der Waals surface area contributed by atoms with Gasteiger partial charge in [-0.05, 0) is 42.8 Å². The van der Waals surface area contributed by atoms with Gasteiger partial charge in [0.05, 0.1) is 28.8 Å². The van der Waals surface area contributed by atoms with Crippen LogP contribution in [0.2, 0.25) is 0 Å². The molecule has 0 saturated carbocycles. The molecule has 0 spiro atoms. The monoisotopic (exact) mass is 412 g/mol. The molecule has 1 heterocycles. The van der Waals surface area contributed by atoms with E-state index in [1.807, 2.05) is 0 Å². The Morgan fingerprint density at radius 1 is 1.27 bits per heavy atom. The second kappa shape index (κ2) is 9.19. The average molecular weight is 412 g/mol. The van der Waals surface area contributed by atoms with Crippen LogP contribution in [0.15, 0.2) is 36.4 Å². The predicted molar refractivity (Wildman–Crippen MR) is 110 cm³/mol. The molecule has 2 amide bonds. The van der Waals surface area contributed by atoms with Crippen LogP contribution in [0.1, 0.15) is 28.5 Å². The van der Waals surface area contributed by atoms with Crippen molar-refractivity contribution in [1.82, 2.24) is 15.5 Å². The van der Waals surface area contributed by atoms with Gasteiger partial charge in [0.15, 0.2) is 0 Å². The Balaban J connectivity index is 2.03. The third-order valence-corrected chi connectivity index (χ3v) is 4.37. The number of aromatic amines is 1. The van der Waals surface area contributed by atoms with Crippen molar-refractivity contribution in [3.05, 3.63) is 59.0 Å². The standard InChI is InChI=1S/C21H21FN4O4/c1-12(20(23)28)24-21(29)15-7-9-17-18(19(15)30-11-10-27)16(25-26-17)8-4-13-2-5-14(22)6-3-13/h2-9,12,27H,10-11H2,1H3,(H2,23,28)(H,24,29)(H,25,26)/b8-4+/t12-/m0/s1. The Kier molecular flexibility index (Phi) is 6.43. The summed E-state index contributed by atoms with van der Waals surface area (Å²) in [6.45, 7) is 1.17. The molecule has 0 aliphatic carbocycles. The number of nitrogens with zero attached hydrogens (tertiary/aromatic N) is 1. The highest BCUT2D eigenvalue weighted by molar-refractivity contribution is 6.06. The van der Waals surface area contributed by atoms with E-state index in [-0.39, 0.29) is 30.3 Å². The lowest BCUT2D eigenvalue weighted by molar-refractivity contribution is -0.119. The second-order valence-corrected chi connectivity index (χ2v) is 6.53. The Labute approximate surface area is 171 Å². The van der Waals surface area contributed by atoms with E-state index in [1.54, 1.807) is 30.4 Å². The minimum absolute atomic E-state index is 0.0446. The van der Waals surface area contributed by atoms with Crippen LogP contribution in [0.25, 0.3) is 23.1 Å². The number of hydrogen-bond donors (Lipinski definition) is 4. The zero-order valence-corrected chi connectivity index (χ0v) is 16.2. The van der Waals surface area contributed by atoms with Gasteiger partial charge in [0, 0.05) is 0 Å². The van der Waals surface area contributed by atoms with E-state index in [0.717, 1.165) is 5.56 Å². The summed E-state index contributed by atoms with van der Waals surface area (Å²) in [7, 11) is 0. The van der Waals surface area contributed by atoms with Gasteiger partial charge in [0.2, 0.25) is 5.91 Å². The third-order valence-electron chi connectivity index (χ3n) is 4.37. The summed E-state index contributed by atoms with van der Waals surface area (Å²) in [6.07, 6.45) is 3.48. The van der Waals surface area contributed by atoms with Crippen molar-refractivity contribution < 1.29 is 23.8 Å². The lowest BCUT2D eigenvalue weighted by atomic mass is 10.1. The quantitative estimate of drug-likeness (QED) is 0.449. The number of carbonyl (C=O) groups excluding carboxylic acids is 2. The number of primary amides is 1. The summed E-state index contributed by atoms with van der Waals surface area (Å²) in [4.78, 5) is 24.0. The fourth-order valence-electron chi connectivity index (χ4n) is 2.80. The van der Waals surface area contributed by atoms with Gasteiger partial charge in [0.1, 0.15) is 24.2 Å². The zero-order chi connectivity index (χ0) is 21.7. The van der Waals surface area contributed by atoms with Crippen LogP contribution >= 0.6 is 0 Å². The van der Waals surface area contributed by atoms with Crippen molar-refractivity contribution in [2.75, 3.05) is 13.2 Å². The second-order valence-electron chi connectivity index (χ2n) is 6.53. The zero-order valence-electron chi connectivity index (χ0n) is 16.2. The van der Waals surface area contributed by atoms with E-state index >= 15 is 0 Å². The SMILES string of the molecule is C[C@H](NC(=O)c1ccc2n[nH]c(/C=C/c3ccc(F)cc3)c2c1OCCO)C(N)=O. The maximum atomic E-state index is 13.1. The van der Waals surface area contributed by atoms with Crippen LogP contribution in [0, 0.1) is 5.82 Å². The molecule has 0 saturated heterocycles. The number of aliphatic hydroxyl groups is 1. The molecule has 0 aliphatic rings. The number of fused-ring (bicyclic) bond motifs is 1.